The number of hydrogen-bond acceptors (Lipinski definition) is 4. The van der Waals surface area contributed by atoms with Gasteiger partial charge >= 0.3 is 0 Å². The average molecular weight is 379 g/mol. The minimum absolute atomic E-state index is 0.213. The molecule has 1 atom stereocenters. The van der Waals surface area contributed by atoms with Crippen molar-refractivity contribution in [3.05, 3.63) is 40.3 Å². The first-order chi connectivity index (χ1) is 12.5. The van der Waals surface area contributed by atoms with Gasteiger partial charge in [-0.25, -0.2) is 13.1 Å². The van der Waals surface area contributed by atoms with Crippen LogP contribution in [0.1, 0.15) is 37.8 Å². The molecular weight excluding hydrogens is 348 g/mol. The van der Waals surface area contributed by atoms with Crippen LogP contribution in [0.3, 0.4) is 0 Å². The Balaban J connectivity index is 1.69. The fourth-order valence-corrected chi connectivity index (χ4v) is 5.02. The molecule has 0 unspecified atom stereocenters. The Kier molecular flexibility index (Phi) is 6.51. The number of morpholine rings is 1. The lowest BCUT2D eigenvalue weighted by Crippen LogP contribution is -2.49. The summed E-state index contributed by atoms with van der Waals surface area (Å²) in [6, 6.07) is 8.22. The quantitative estimate of drug-likeness (QED) is 0.792. The van der Waals surface area contributed by atoms with Crippen molar-refractivity contribution in [2.24, 2.45) is 5.92 Å². The van der Waals surface area contributed by atoms with Crippen LogP contribution < -0.4 is 4.72 Å². The van der Waals surface area contributed by atoms with E-state index in [2.05, 4.69) is 29.5 Å². The topological polar surface area (TPSA) is 58.6 Å². The average Bonchev–Trinajstić information content (AvgIpc) is 2.65. The Labute approximate surface area is 157 Å². The van der Waals surface area contributed by atoms with Crippen molar-refractivity contribution < 1.29 is 13.2 Å². The molecule has 144 valence electrons. The largest absolute Gasteiger partial charge is 0.379 e. The third-order valence-corrected chi connectivity index (χ3v) is 6.73. The van der Waals surface area contributed by atoms with Crippen molar-refractivity contribution in [2.75, 3.05) is 32.8 Å². The molecule has 0 saturated carbocycles. The molecule has 26 heavy (non-hydrogen) atoms. The molecule has 1 N–H and O–H groups in total. The van der Waals surface area contributed by atoms with Gasteiger partial charge < -0.3 is 4.74 Å². The molecular formula is C20H30N2O3S. The lowest BCUT2D eigenvalue weighted by atomic mass is 9.98. The van der Waals surface area contributed by atoms with Gasteiger partial charge in [-0.05, 0) is 42.4 Å². The molecule has 1 aliphatic carbocycles. The SMILES string of the molecule is CC(C)C[C@H](CNS(=O)(=O)C1=Cc2ccccc2CC1)N1CCOCC1. The highest BCUT2D eigenvalue weighted by Crippen LogP contribution is 2.26. The van der Waals surface area contributed by atoms with Gasteiger partial charge in [0.1, 0.15) is 0 Å². The van der Waals surface area contributed by atoms with E-state index < -0.39 is 10.0 Å². The number of fused-ring (bicyclic) bond motifs is 1. The molecule has 1 aromatic carbocycles. The fourth-order valence-electron chi connectivity index (χ4n) is 3.76. The van der Waals surface area contributed by atoms with E-state index in [0.29, 0.717) is 23.8 Å². The van der Waals surface area contributed by atoms with Crippen LogP contribution in [-0.4, -0.2) is 52.2 Å². The van der Waals surface area contributed by atoms with Crippen molar-refractivity contribution in [3.63, 3.8) is 0 Å². The number of nitrogens with one attached hydrogen (secondary N) is 1. The van der Waals surface area contributed by atoms with E-state index in [4.69, 9.17) is 4.74 Å². The van der Waals surface area contributed by atoms with Gasteiger partial charge in [-0.15, -0.1) is 0 Å². The molecule has 0 radical (unpaired) electrons. The molecule has 1 saturated heterocycles. The van der Waals surface area contributed by atoms with Gasteiger partial charge in [0.2, 0.25) is 10.0 Å². The van der Waals surface area contributed by atoms with Crippen molar-refractivity contribution in [1.82, 2.24) is 9.62 Å². The maximum Gasteiger partial charge on any atom is 0.236 e. The van der Waals surface area contributed by atoms with Crippen molar-refractivity contribution in [2.45, 2.75) is 39.2 Å². The van der Waals surface area contributed by atoms with Crippen LogP contribution in [0.4, 0.5) is 0 Å². The molecule has 0 aromatic heterocycles. The Hall–Kier alpha value is -1.21. The van der Waals surface area contributed by atoms with Crippen molar-refractivity contribution in [1.29, 1.82) is 0 Å². The Bertz CT molecular complexity index is 737. The van der Waals surface area contributed by atoms with E-state index in [0.717, 1.165) is 44.7 Å². The number of rotatable bonds is 7. The van der Waals surface area contributed by atoms with Crippen LogP contribution >= 0.6 is 0 Å². The first kappa shape index (κ1) is 19.5. The molecule has 2 aliphatic rings. The molecule has 1 aromatic rings. The molecule has 0 bridgehead atoms. The van der Waals surface area contributed by atoms with Crippen LogP contribution in [0.5, 0.6) is 0 Å². The van der Waals surface area contributed by atoms with Gasteiger partial charge in [-0.3, -0.25) is 4.90 Å². The number of nitrogens with zero attached hydrogens (tertiary/aromatic N) is 1. The lowest BCUT2D eigenvalue weighted by Gasteiger charge is -2.35. The summed E-state index contributed by atoms with van der Waals surface area (Å²) in [4.78, 5) is 2.86. The van der Waals surface area contributed by atoms with Gasteiger partial charge in [-0.2, -0.15) is 0 Å². The van der Waals surface area contributed by atoms with Crippen LogP contribution in [0.25, 0.3) is 6.08 Å². The highest BCUT2D eigenvalue weighted by Gasteiger charge is 2.26. The predicted molar refractivity (Wildman–Crippen MR) is 105 cm³/mol. The predicted octanol–water partition coefficient (Wildman–Crippen LogP) is 2.64. The monoisotopic (exact) mass is 378 g/mol. The molecule has 6 heteroatoms. The number of allylic oxidation sites excluding steroid dienone is 1. The first-order valence-corrected chi connectivity index (χ1v) is 11.0. The van der Waals surface area contributed by atoms with E-state index >= 15 is 0 Å². The van der Waals surface area contributed by atoms with Gasteiger partial charge in [0.05, 0.1) is 18.1 Å². The summed E-state index contributed by atoms with van der Waals surface area (Å²) in [6.45, 7) is 8.02. The molecule has 0 amide bonds. The Morgan fingerprint density at radius 2 is 1.88 bits per heavy atom. The summed E-state index contributed by atoms with van der Waals surface area (Å²) in [5.74, 6) is 0.521. The lowest BCUT2D eigenvalue weighted by molar-refractivity contribution is 0.0135. The Morgan fingerprint density at radius 3 is 2.62 bits per heavy atom. The van der Waals surface area contributed by atoms with Crippen molar-refractivity contribution in [3.8, 4) is 0 Å². The number of hydrogen-bond donors (Lipinski definition) is 1. The maximum absolute atomic E-state index is 12.8. The van der Waals surface area contributed by atoms with Gasteiger partial charge in [0, 0.05) is 25.7 Å². The minimum Gasteiger partial charge on any atom is -0.379 e. The number of ether oxygens (including phenoxy) is 1. The smallest absolute Gasteiger partial charge is 0.236 e. The number of benzene rings is 1. The fraction of sp³-hybridized carbons (Fsp3) is 0.600. The molecule has 3 rings (SSSR count). The van der Waals surface area contributed by atoms with Gasteiger partial charge in [-0.1, -0.05) is 38.1 Å². The third-order valence-electron chi connectivity index (χ3n) is 5.17. The minimum atomic E-state index is -3.44. The van der Waals surface area contributed by atoms with Crippen molar-refractivity contribution >= 4 is 16.1 Å². The summed E-state index contributed by atoms with van der Waals surface area (Å²) in [5.41, 5.74) is 2.24. The number of aryl methyl sites for hydroxylation is 1. The normalized spacial score (nSPS) is 19.9. The zero-order chi connectivity index (χ0) is 18.6. The van der Waals surface area contributed by atoms with E-state index in [-0.39, 0.29) is 6.04 Å². The number of sulfonamides is 1. The second-order valence-electron chi connectivity index (χ2n) is 7.59. The first-order valence-electron chi connectivity index (χ1n) is 9.55. The summed E-state index contributed by atoms with van der Waals surface area (Å²) in [7, 11) is -3.44. The van der Waals surface area contributed by atoms with Gasteiger partial charge in [0.25, 0.3) is 0 Å². The summed E-state index contributed by atoms with van der Waals surface area (Å²) < 4.78 is 34.0. The molecule has 0 spiro atoms. The summed E-state index contributed by atoms with van der Waals surface area (Å²) in [5, 5.41) is 0. The van der Waals surface area contributed by atoms with E-state index in [1.54, 1.807) is 0 Å². The summed E-state index contributed by atoms with van der Waals surface area (Å²) in [6.07, 6.45) is 4.15. The molecule has 5 nitrogen and oxygen atoms in total. The van der Waals surface area contributed by atoms with E-state index in [1.807, 2.05) is 24.3 Å². The van der Waals surface area contributed by atoms with Crippen LogP contribution in [0, 0.1) is 5.92 Å². The van der Waals surface area contributed by atoms with Gasteiger partial charge in [0.15, 0.2) is 0 Å². The molecule has 1 aliphatic heterocycles. The standard InChI is InChI=1S/C20H30N2O3S/c1-16(2)13-19(22-9-11-25-12-10-22)15-21-26(23,24)20-8-7-17-5-3-4-6-18(17)14-20/h3-6,14,16,19,21H,7-13,15H2,1-2H3/t19-/m1/s1. The van der Waals surface area contributed by atoms with E-state index in [1.165, 1.54) is 5.56 Å². The molecule has 1 heterocycles. The molecule has 1 fully saturated rings. The highest BCUT2D eigenvalue weighted by molar-refractivity contribution is 7.93. The van der Waals surface area contributed by atoms with Crippen LogP contribution in [0.2, 0.25) is 0 Å². The van der Waals surface area contributed by atoms with Crippen LogP contribution in [-0.2, 0) is 21.2 Å². The van der Waals surface area contributed by atoms with E-state index in [9.17, 15) is 8.42 Å². The summed E-state index contributed by atoms with van der Waals surface area (Å²) >= 11 is 0. The zero-order valence-corrected chi connectivity index (χ0v) is 16.6. The highest BCUT2D eigenvalue weighted by atomic mass is 32.2. The Morgan fingerprint density at radius 1 is 1.15 bits per heavy atom. The second kappa shape index (κ2) is 8.65. The maximum atomic E-state index is 12.8. The zero-order valence-electron chi connectivity index (χ0n) is 15.8. The van der Waals surface area contributed by atoms with Crippen LogP contribution in [0.15, 0.2) is 29.2 Å². The third kappa shape index (κ3) is 4.94. The second-order valence-corrected chi connectivity index (χ2v) is 9.41.